The van der Waals surface area contributed by atoms with Crippen molar-refractivity contribution in [2.75, 3.05) is 11.9 Å². The molecule has 1 aromatic heterocycles. The lowest BCUT2D eigenvalue weighted by molar-refractivity contribution is -0.119. The number of aromatic nitrogens is 1. The number of hydrogen-bond donors (Lipinski definition) is 2. The molecule has 0 spiro atoms. The van der Waals surface area contributed by atoms with E-state index in [-0.39, 0.29) is 12.5 Å². The number of nitrogens with one attached hydrogen (secondary N) is 2. The summed E-state index contributed by atoms with van der Waals surface area (Å²) in [7, 11) is 0. The Bertz CT molecular complexity index is 962. The first kappa shape index (κ1) is 17.2. The summed E-state index contributed by atoms with van der Waals surface area (Å²) >= 11 is 3.40. The predicted molar refractivity (Wildman–Crippen MR) is 101 cm³/mol. The number of amides is 1. The predicted octanol–water partition coefficient (Wildman–Crippen LogP) is 4.34. The fourth-order valence-corrected chi connectivity index (χ4v) is 3.13. The molecule has 0 fully saturated rings. The lowest BCUT2D eigenvalue weighted by Gasteiger charge is -2.10. The number of esters is 1. The topological polar surface area (TPSA) is 71.2 Å². The molecule has 0 atom stereocenters. The highest BCUT2D eigenvalue weighted by molar-refractivity contribution is 9.10. The van der Waals surface area contributed by atoms with Gasteiger partial charge in [-0.25, -0.2) is 4.79 Å². The molecule has 128 valence electrons. The first-order valence-corrected chi connectivity index (χ1v) is 8.56. The summed E-state index contributed by atoms with van der Waals surface area (Å²) in [6.07, 6.45) is 0. The molecule has 0 unspecified atom stereocenters. The van der Waals surface area contributed by atoms with Gasteiger partial charge in [0, 0.05) is 16.6 Å². The first-order chi connectivity index (χ1) is 12.0. The highest BCUT2D eigenvalue weighted by atomic mass is 79.9. The Morgan fingerprint density at radius 1 is 1.12 bits per heavy atom. The summed E-state index contributed by atoms with van der Waals surface area (Å²) in [5.74, 6) is -0.964. The van der Waals surface area contributed by atoms with Crippen molar-refractivity contribution in [2.45, 2.75) is 13.8 Å². The van der Waals surface area contributed by atoms with E-state index >= 15 is 0 Å². The van der Waals surface area contributed by atoms with Crippen molar-refractivity contribution in [3.63, 3.8) is 0 Å². The maximum absolute atomic E-state index is 12.2. The van der Waals surface area contributed by atoms with E-state index < -0.39 is 5.97 Å². The number of benzene rings is 2. The molecule has 0 aliphatic rings. The van der Waals surface area contributed by atoms with Crippen molar-refractivity contribution in [1.29, 1.82) is 0 Å². The number of fused-ring (bicyclic) bond motifs is 1. The fourth-order valence-electron chi connectivity index (χ4n) is 2.52. The zero-order valence-corrected chi connectivity index (χ0v) is 15.4. The number of carbonyl (C=O) groups is 2. The molecule has 0 aliphatic heterocycles. The Labute approximate surface area is 153 Å². The maximum Gasteiger partial charge on any atom is 0.356 e. The summed E-state index contributed by atoms with van der Waals surface area (Å²) < 4.78 is 5.76. The molecule has 6 heteroatoms. The molecular formula is C19H17BrN2O3. The van der Waals surface area contributed by atoms with Crippen LogP contribution in [0.15, 0.2) is 46.9 Å². The molecule has 5 nitrogen and oxygen atoms in total. The zero-order chi connectivity index (χ0) is 18.0. The van der Waals surface area contributed by atoms with Gasteiger partial charge in [0.05, 0.1) is 4.47 Å². The molecule has 3 aromatic rings. The van der Waals surface area contributed by atoms with Gasteiger partial charge in [0.25, 0.3) is 5.91 Å². The van der Waals surface area contributed by atoms with Gasteiger partial charge in [0.15, 0.2) is 6.61 Å². The van der Waals surface area contributed by atoms with Crippen LogP contribution in [0.4, 0.5) is 5.69 Å². The molecule has 1 amide bonds. The van der Waals surface area contributed by atoms with Crippen LogP contribution in [-0.2, 0) is 9.53 Å². The normalized spacial score (nSPS) is 10.7. The van der Waals surface area contributed by atoms with Crippen LogP contribution >= 0.6 is 15.9 Å². The number of para-hydroxylation sites is 1. The van der Waals surface area contributed by atoms with E-state index in [9.17, 15) is 9.59 Å². The molecular weight excluding hydrogens is 384 g/mol. The van der Waals surface area contributed by atoms with Crippen molar-refractivity contribution in [3.05, 3.63) is 63.8 Å². The standard InChI is InChI=1S/C19H17BrN2O3/c1-11-6-5-9-14(12(11)2)21-16(23)10-25-19(24)18-17(20)13-7-3-4-8-15(13)22-18/h3-9,22H,10H2,1-2H3,(H,21,23). The van der Waals surface area contributed by atoms with Gasteiger partial charge in [-0.15, -0.1) is 0 Å². The van der Waals surface area contributed by atoms with Crippen molar-refractivity contribution in [3.8, 4) is 0 Å². The van der Waals surface area contributed by atoms with Gasteiger partial charge in [0.2, 0.25) is 0 Å². The van der Waals surface area contributed by atoms with Crippen LogP contribution in [0.25, 0.3) is 10.9 Å². The number of ether oxygens (including phenoxy) is 1. The number of anilines is 1. The van der Waals surface area contributed by atoms with Gasteiger partial charge in [-0.05, 0) is 53.0 Å². The molecule has 2 N–H and O–H groups in total. The average Bonchev–Trinajstić information content (AvgIpc) is 2.94. The highest BCUT2D eigenvalue weighted by Gasteiger charge is 2.18. The minimum absolute atomic E-state index is 0.292. The van der Waals surface area contributed by atoms with Gasteiger partial charge in [-0.3, -0.25) is 4.79 Å². The Morgan fingerprint density at radius 3 is 2.64 bits per heavy atom. The van der Waals surface area contributed by atoms with Crippen molar-refractivity contribution in [1.82, 2.24) is 4.98 Å². The first-order valence-electron chi connectivity index (χ1n) is 7.76. The minimum atomic E-state index is -0.584. The second-order valence-corrected chi connectivity index (χ2v) is 6.52. The molecule has 0 saturated carbocycles. The molecule has 1 heterocycles. The smallest absolute Gasteiger partial charge is 0.356 e. The summed E-state index contributed by atoms with van der Waals surface area (Å²) in [4.78, 5) is 27.3. The summed E-state index contributed by atoms with van der Waals surface area (Å²) in [5.41, 5.74) is 3.90. The van der Waals surface area contributed by atoms with Crippen molar-refractivity contribution in [2.24, 2.45) is 0 Å². The van der Waals surface area contributed by atoms with E-state index in [1.54, 1.807) is 0 Å². The maximum atomic E-state index is 12.2. The van der Waals surface area contributed by atoms with Crippen LogP contribution in [0, 0.1) is 13.8 Å². The second kappa shape index (κ2) is 7.11. The van der Waals surface area contributed by atoms with Gasteiger partial charge in [0.1, 0.15) is 5.69 Å². The quantitative estimate of drug-likeness (QED) is 0.639. The Hall–Kier alpha value is -2.60. The molecule has 0 saturated heterocycles. The Morgan fingerprint density at radius 2 is 1.88 bits per heavy atom. The largest absolute Gasteiger partial charge is 0.451 e. The second-order valence-electron chi connectivity index (χ2n) is 5.73. The van der Waals surface area contributed by atoms with Crippen LogP contribution in [0.1, 0.15) is 21.6 Å². The summed E-state index contributed by atoms with van der Waals surface area (Å²) in [6.45, 7) is 3.55. The van der Waals surface area contributed by atoms with Crippen LogP contribution in [0.5, 0.6) is 0 Å². The third kappa shape index (κ3) is 3.58. The van der Waals surface area contributed by atoms with Gasteiger partial charge >= 0.3 is 5.97 Å². The van der Waals surface area contributed by atoms with Gasteiger partial charge in [-0.2, -0.15) is 0 Å². The third-order valence-corrected chi connectivity index (χ3v) is 4.88. The molecule has 25 heavy (non-hydrogen) atoms. The number of halogens is 1. The minimum Gasteiger partial charge on any atom is -0.451 e. The molecule has 0 aliphatic carbocycles. The number of carbonyl (C=O) groups excluding carboxylic acids is 2. The monoisotopic (exact) mass is 400 g/mol. The molecule has 0 bridgehead atoms. The number of aryl methyl sites for hydroxylation is 1. The summed E-state index contributed by atoms with van der Waals surface area (Å²) in [6, 6.07) is 13.2. The van der Waals surface area contributed by atoms with E-state index in [0.29, 0.717) is 15.9 Å². The summed E-state index contributed by atoms with van der Waals surface area (Å²) in [5, 5.41) is 3.64. The van der Waals surface area contributed by atoms with Crippen molar-refractivity contribution < 1.29 is 14.3 Å². The number of rotatable bonds is 4. The van der Waals surface area contributed by atoms with Crippen LogP contribution in [-0.4, -0.2) is 23.5 Å². The van der Waals surface area contributed by atoms with Gasteiger partial charge < -0.3 is 15.0 Å². The van der Waals surface area contributed by atoms with Crippen molar-refractivity contribution >= 4 is 44.4 Å². The fraction of sp³-hybridized carbons (Fsp3) is 0.158. The van der Waals surface area contributed by atoms with Crippen LogP contribution in [0.2, 0.25) is 0 Å². The number of hydrogen-bond acceptors (Lipinski definition) is 3. The molecule has 2 aromatic carbocycles. The van der Waals surface area contributed by atoms with Gasteiger partial charge in [-0.1, -0.05) is 30.3 Å². The van der Waals surface area contributed by atoms with E-state index in [0.717, 1.165) is 22.0 Å². The Balaban J connectivity index is 1.66. The number of aromatic amines is 1. The van der Waals surface area contributed by atoms with E-state index in [2.05, 4.69) is 26.2 Å². The van der Waals surface area contributed by atoms with Crippen LogP contribution in [0.3, 0.4) is 0 Å². The third-order valence-electron chi connectivity index (χ3n) is 4.06. The average molecular weight is 401 g/mol. The lowest BCUT2D eigenvalue weighted by Crippen LogP contribution is -2.21. The number of H-pyrrole nitrogens is 1. The van der Waals surface area contributed by atoms with E-state index in [4.69, 9.17) is 4.74 Å². The lowest BCUT2D eigenvalue weighted by atomic mass is 10.1. The molecule has 3 rings (SSSR count). The van der Waals surface area contributed by atoms with E-state index in [1.807, 2.05) is 56.3 Å². The van der Waals surface area contributed by atoms with E-state index in [1.165, 1.54) is 0 Å². The SMILES string of the molecule is Cc1cccc(NC(=O)COC(=O)c2[nH]c3ccccc3c2Br)c1C. The highest BCUT2D eigenvalue weighted by Crippen LogP contribution is 2.28. The van der Waals surface area contributed by atoms with Crippen LogP contribution < -0.4 is 5.32 Å². The molecule has 0 radical (unpaired) electrons. The zero-order valence-electron chi connectivity index (χ0n) is 13.9. The Kier molecular flexibility index (Phi) is 4.90.